The first-order valence-corrected chi connectivity index (χ1v) is 14.1. The van der Waals surface area contributed by atoms with Crippen LogP contribution in [0.15, 0.2) is 84.9 Å². The molecule has 4 aromatic carbocycles. The fourth-order valence-corrected chi connectivity index (χ4v) is 5.37. The average Bonchev–Trinajstić information content (AvgIpc) is 3.41. The molecular weight excluding hydrogens is 548 g/mol. The van der Waals surface area contributed by atoms with E-state index in [1.54, 1.807) is 31.4 Å². The van der Waals surface area contributed by atoms with Gasteiger partial charge in [-0.15, -0.1) is 0 Å². The number of nitrogens with one attached hydrogen (secondary N) is 1. The zero-order valence-corrected chi connectivity index (χ0v) is 24.0. The molecule has 2 heterocycles. The van der Waals surface area contributed by atoms with Crippen LogP contribution in [0.2, 0.25) is 0 Å². The van der Waals surface area contributed by atoms with E-state index in [2.05, 4.69) is 10.3 Å². The number of hydrogen-bond acceptors (Lipinski definition) is 8. The Morgan fingerprint density at radius 3 is 2.00 bits per heavy atom. The largest absolute Gasteiger partial charge is 0.497 e. The predicted molar refractivity (Wildman–Crippen MR) is 165 cm³/mol. The number of hydrogen-bond donors (Lipinski definition) is 1. The van der Waals surface area contributed by atoms with E-state index in [4.69, 9.17) is 19.4 Å². The molecule has 0 saturated carbocycles. The third-order valence-corrected chi connectivity index (χ3v) is 7.66. The van der Waals surface area contributed by atoms with Crippen LogP contribution in [0.5, 0.6) is 5.75 Å². The summed E-state index contributed by atoms with van der Waals surface area (Å²) in [6.07, 6.45) is 0. The fraction of sp³-hybridized carbons (Fsp3) is 0.121. The number of carbonyl (C=O) groups excluding carboxylic acids is 2. The first kappa shape index (κ1) is 27.0. The minimum absolute atomic E-state index is 0.273. The van der Waals surface area contributed by atoms with E-state index >= 15 is 0 Å². The van der Waals surface area contributed by atoms with Crippen molar-refractivity contribution in [1.82, 2.24) is 15.0 Å². The van der Waals surface area contributed by atoms with Gasteiger partial charge < -0.3 is 9.47 Å². The van der Waals surface area contributed by atoms with Gasteiger partial charge in [0.2, 0.25) is 0 Å². The van der Waals surface area contributed by atoms with Gasteiger partial charge in [0.15, 0.2) is 11.7 Å². The van der Waals surface area contributed by atoms with Crippen LogP contribution in [-0.2, 0) is 9.53 Å². The Morgan fingerprint density at radius 1 is 0.738 bits per heavy atom. The summed E-state index contributed by atoms with van der Waals surface area (Å²) in [7, 11) is 1.59. The number of nitrogens with zero attached hydrogens (tertiary/aromatic N) is 3. The number of anilines is 1. The van der Waals surface area contributed by atoms with Crippen LogP contribution in [0.25, 0.3) is 43.8 Å². The number of esters is 1. The summed E-state index contributed by atoms with van der Waals surface area (Å²) < 4.78 is 11.4. The first-order chi connectivity index (χ1) is 20.4. The maximum atomic E-state index is 12.9. The van der Waals surface area contributed by atoms with E-state index < -0.39 is 18.5 Å². The van der Waals surface area contributed by atoms with Crippen LogP contribution in [0.3, 0.4) is 0 Å². The topological polar surface area (TPSA) is 103 Å². The molecule has 208 valence electrons. The summed E-state index contributed by atoms with van der Waals surface area (Å²) in [5.74, 6) is -0.419. The number of aryl methyl sites for hydroxylation is 2. The van der Waals surface area contributed by atoms with Crippen LogP contribution in [0.4, 0.5) is 5.13 Å². The zero-order valence-electron chi connectivity index (χ0n) is 23.2. The maximum Gasteiger partial charge on any atom is 0.338 e. The van der Waals surface area contributed by atoms with E-state index in [1.165, 1.54) is 11.3 Å². The Kier molecular flexibility index (Phi) is 7.33. The molecule has 9 heteroatoms. The van der Waals surface area contributed by atoms with Crippen molar-refractivity contribution < 1.29 is 19.1 Å². The number of methoxy groups -OCH3 is 1. The number of rotatable bonds is 7. The van der Waals surface area contributed by atoms with Gasteiger partial charge in [0.1, 0.15) is 5.75 Å². The van der Waals surface area contributed by atoms with Gasteiger partial charge in [0, 0.05) is 11.1 Å². The van der Waals surface area contributed by atoms with Gasteiger partial charge in [-0.25, -0.2) is 19.7 Å². The highest BCUT2D eigenvalue weighted by molar-refractivity contribution is 7.22. The van der Waals surface area contributed by atoms with E-state index in [1.807, 2.05) is 74.5 Å². The van der Waals surface area contributed by atoms with Gasteiger partial charge in [-0.05, 0) is 50.2 Å². The van der Waals surface area contributed by atoms with E-state index in [0.717, 1.165) is 38.2 Å². The number of ether oxygens (including phenoxy) is 2. The molecule has 0 aliphatic carbocycles. The molecule has 6 aromatic rings. The van der Waals surface area contributed by atoms with Crippen molar-refractivity contribution in [3.8, 4) is 28.3 Å². The minimum Gasteiger partial charge on any atom is -0.497 e. The van der Waals surface area contributed by atoms with Crippen molar-refractivity contribution >= 4 is 49.6 Å². The first-order valence-electron chi connectivity index (χ1n) is 13.2. The Hall–Kier alpha value is -5.15. The van der Waals surface area contributed by atoms with Gasteiger partial charge >= 0.3 is 5.97 Å². The standard InChI is InChI=1S/C33H26N4O4S/c1-19-4-8-21(9-5-19)30-31(22-10-6-20(2)7-11-22)35-27-16-23(12-14-25(27)34-30)32(39)41-18-29(38)37-33-36-26-15-13-24(40-3)17-28(26)42-33/h4-17H,18H2,1-3H3,(H,36,37,38). The lowest BCUT2D eigenvalue weighted by Crippen LogP contribution is -2.20. The van der Waals surface area contributed by atoms with Gasteiger partial charge in [-0.1, -0.05) is 71.0 Å². The normalized spacial score (nSPS) is 11.0. The number of carbonyl (C=O) groups is 2. The van der Waals surface area contributed by atoms with Crippen LogP contribution in [0.1, 0.15) is 21.5 Å². The molecule has 0 spiro atoms. The fourth-order valence-electron chi connectivity index (χ4n) is 4.46. The smallest absolute Gasteiger partial charge is 0.338 e. The van der Waals surface area contributed by atoms with E-state index in [9.17, 15) is 9.59 Å². The molecule has 0 atom stereocenters. The van der Waals surface area contributed by atoms with Crippen molar-refractivity contribution in [1.29, 1.82) is 0 Å². The van der Waals surface area contributed by atoms with Crippen molar-refractivity contribution in [2.75, 3.05) is 19.0 Å². The van der Waals surface area contributed by atoms with Crippen LogP contribution >= 0.6 is 11.3 Å². The summed E-state index contributed by atoms with van der Waals surface area (Å²) >= 11 is 1.31. The number of aromatic nitrogens is 3. The maximum absolute atomic E-state index is 12.9. The number of fused-ring (bicyclic) bond motifs is 2. The lowest BCUT2D eigenvalue weighted by Gasteiger charge is -2.12. The molecule has 0 aliphatic rings. The Labute approximate surface area is 246 Å². The molecule has 0 fully saturated rings. The van der Waals surface area contributed by atoms with E-state index in [0.29, 0.717) is 27.6 Å². The molecule has 2 aromatic heterocycles. The summed E-state index contributed by atoms with van der Waals surface area (Å²) in [5, 5.41) is 3.10. The zero-order chi connectivity index (χ0) is 29.2. The van der Waals surface area contributed by atoms with E-state index in [-0.39, 0.29) is 5.56 Å². The van der Waals surface area contributed by atoms with Crippen molar-refractivity contribution in [3.63, 3.8) is 0 Å². The molecule has 0 aliphatic heterocycles. The molecule has 0 saturated heterocycles. The van der Waals surface area contributed by atoms with Crippen LogP contribution < -0.4 is 10.1 Å². The minimum atomic E-state index is -0.637. The molecule has 1 amide bonds. The highest BCUT2D eigenvalue weighted by Crippen LogP contribution is 2.32. The average molecular weight is 575 g/mol. The molecule has 0 unspecified atom stereocenters. The molecule has 6 rings (SSSR count). The second kappa shape index (κ2) is 11.4. The third-order valence-electron chi connectivity index (χ3n) is 6.73. The van der Waals surface area contributed by atoms with Crippen molar-refractivity contribution in [2.24, 2.45) is 0 Å². The second-order valence-corrected chi connectivity index (χ2v) is 10.9. The van der Waals surface area contributed by atoms with Gasteiger partial charge in [-0.2, -0.15) is 0 Å². The summed E-state index contributed by atoms with van der Waals surface area (Å²) in [5.41, 5.74) is 7.83. The highest BCUT2D eigenvalue weighted by atomic mass is 32.1. The predicted octanol–water partition coefficient (Wildman–Crippen LogP) is 6.99. The van der Waals surface area contributed by atoms with Gasteiger partial charge in [0.05, 0.1) is 45.3 Å². The number of thiazole rings is 1. The monoisotopic (exact) mass is 574 g/mol. The highest BCUT2D eigenvalue weighted by Gasteiger charge is 2.17. The second-order valence-electron chi connectivity index (χ2n) is 9.83. The molecule has 0 radical (unpaired) electrons. The van der Waals surface area contributed by atoms with Gasteiger partial charge in [0.25, 0.3) is 5.91 Å². The molecular formula is C33H26N4O4S. The summed E-state index contributed by atoms with van der Waals surface area (Å²) in [4.78, 5) is 39.7. The molecule has 8 nitrogen and oxygen atoms in total. The number of benzene rings is 4. The molecule has 1 N–H and O–H groups in total. The third kappa shape index (κ3) is 5.68. The Bertz CT molecular complexity index is 1950. The van der Waals surface area contributed by atoms with Crippen LogP contribution in [0, 0.1) is 13.8 Å². The Balaban J connectivity index is 1.22. The quantitative estimate of drug-likeness (QED) is 0.205. The van der Waals surface area contributed by atoms with Crippen molar-refractivity contribution in [2.45, 2.75) is 13.8 Å². The SMILES string of the molecule is COc1ccc2nc(NC(=O)COC(=O)c3ccc4nc(-c5ccc(C)cc5)c(-c5ccc(C)cc5)nc4c3)sc2c1. The number of amides is 1. The summed E-state index contributed by atoms with van der Waals surface area (Å²) in [6.45, 7) is 3.62. The molecule has 0 bridgehead atoms. The Morgan fingerprint density at radius 2 is 1.36 bits per heavy atom. The van der Waals surface area contributed by atoms with Crippen molar-refractivity contribution in [3.05, 3.63) is 102 Å². The summed E-state index contributed by atoms with van der Waals surface area (Å²) in [6, 6.07) is 26.7. The lowest BCUT2D eigenvalue weighted by atomic mass is 10.0. The lowest BCUT2D eigenvalue weighted by molar-refractivity contribution is -0.119. The molecule has 42 heavy (non-hydrogen) atoms. The van der Waals surface area contributed by atoms with Gasteiger partial charge in [-0.3, -0.25) is 10.1 Å². The van der Waals surface area contributed by atoms with Crippen LogP contribution in [-0.4, -0.2) is 40.5 Å².